The van der Waals surface area contributed by atoms with E-state index in [-0.39, 0.29) is 5.91 Å². The molecule has 5 nitrogen and oxygen atoms in total. The Balaban J connectivity index is 1.51. The Hall–Kier alpha value is -2.92. The average molecular weight is 348 g/mol. The highest BCUT2D eigenvalue weighted by Gasteiger charge is 2.07. The maximum atomic E-state index is 12.2. The SMILES string of the molecule is CN(C)Cc1ccc(CNC(=O)Cc2cnn(-c3ccccc3)c2)cc1. The van der Waals surface area contributed by atoms with E-state index in [1.54, 1.807) is 10.9 Å². The molecular formula is C21H24N4O. The molecule has 0 atom stereocenters. The molecule has 0 unspecified atom stereocenters. The minimum Gasteiger partial charge on any atom is -0.352 e. The topological polar surface area (TPSA) is 50.2 Å². The molecule has 0 saturated carbocycles. The van der Waals surface area contributed by atoms with Gasteiger partial charge in [0.1, 0.15) is 0 Å². The monoisotopic (exact) mass is 348 g/mol. The highest BCUT2D eigenvalue weighted by molar-refractivity contribution is 5.78. The standard InChI is InChI=1S/C21H24N4O/c1-24(2)15-18-10-8-17(9-11-18)13-22-21(26)12-19-14-23-25(16-19)20-6-4-3-5-7-20/h3-11,14,16H,12-13,15H2,1-2H3,(H,22,26). The Morgan fingerprint density at radius 3 is 2.38 bits per heavy atom. The van der Waals surface area contributed by atoms with Crippen molar-refractivity contribution in [2.24, 2.45) is 0 Å². The van der Waals surface area contributed by atoms with Crippen LogP contribution in [0.1, 0.15) is 16.7 Å². The van der Waals surface area contributed by atoms with E-state index in [0.717, 1.165) is 23.4 Å². The second kappa shape index (κ2) is 8.45. The summed E-state index contributed by atoms with van der Waals surface area (Å²) in [6.07, 6.45) is 3.96. The molecule has 0 bridgehead atoms. The van der Waals surface area contributed by atoms with Crippen LogP contribution in [0, 0.1) is 0 Å². The molecule has 134 valence electrons. The molecule has 1 amide bonds. The summed E-state index contributed by atoms with van der Waals surface area (Å²) in [7, 11) is 4.10. The van der Waals surface area contributed by atoms with Gasteiger partial charge in [0.2, 0.25) is 5.91 Å². The molecule has 2 aromatic carbocycles. The molecule has 0 saturated heterocycles. The number of amides is 1. The predicted octanol–water partition coefficient (Wildman–Crippen LogP) is 2.79. The fraction of sp³-hybridized carbons (Fsp3) is 0.238. The summed E-state index contributed by atoms with van der Waals surface area (Å²) in [5.41, 5.74) is 4.24. The maximum absolute atomic E-state index is 12.2. The molecule has 3 rings (SSSR count). The van der Waals surface area contributed by atoms with Crippen molar-refractivity contribution in [3.63, 3.8) is 0 Å². The average Bonchev–Trinajstić information content (AvgIpc) is 3.10. The highest BCUT2D eigenvalue weighted by Crippen LogP contribution is 2.09. The number of carbonyl (C=O) groups excluding carboxylic acids is 1. The zero-order valence-corrected chi connectivity index (χ0v) is 15.2. The van der Waals surface area contributed by atoms with Crippen molar-refractivity contribution in [1.29, 1.82) is 0 Å². The van der Waals surface area contributed by atoms with Crippen LogP contribution in [-0.4, -0.2) is 34.7 Å². The van der Waals surface area contributed by atoms with Gasteiger partial charge in [-0.3, -0.25) is 4.79 Å². The van der Waals surface area contributed by atoms with Crippen LogP contribution in [-0.2, 0) is 24.3 Å². The molecule has 0 spiro atoms. The van der Waals surface area contributed by atoms with E-state index in [9.17, 15) is 4.79 Å². The van der Waals surface area contributed by atoms with E-state index in [2.05, 4.69) is 39.6 Å². The van der Waals surface area contributed by atoms with E-state index in [4.69, 9.17) is 0 Å². The van der Waals surface area contributed by atoms with Crippen molar-refractivity contribution in [2.75, 3.05) is 14.1 Å². The molecule has 3 aromatic rings. The molecule has 0 aliphatic heterocycles. The van der Waals surface area contributed by atoms with Crippen molar-refractivity contribution in [1.82, 2.24) is 20.0 Å². The molecular weight excluding hydrogens is 324 g/mol. The largest absolute Gasteiger partial charge is 0.352 e. The van der Waals surface area contributed by atoms with Gasteiger partial charge < -0.3 is 10.2 Å². The minimum absolute atomic E-state index is 0.00465. The number of para-hydroxylation sites is 1. The first-order chi connectivity index (χ1) is 12.6. The molecule has 0 radical (unpaired) electrons. The zero-order chi connectivity index (χ0) is 18.4. The molecule has 5 heteroatoms. The Bertz CT molecular complexity index is 838. The third-order valence-corrected chi connectivity index (χ3v) is 4.03. The number of nitrogens with zero attached hydrogens (tertiary/aromatic N) is 3. The first-order valence-electron chi connectivity index (χ1n) is 8.68. The highest BCUT2D eigenvalue weighted by atomic mass is 16.1. The van der Waals surface area contributed by atoms with Gasteiger partial charge in [0.05, 0.1) is 18.3 Å². The van der Waals surface area contributed by atoms with Crippen molar-refractivity contribution in [3.05, 3.63) is 83.7 Å². The van der Waals surface area contributed by atoms with E-state index < -0.39 is 0 Å². The van der Waals surface area contributed by atoms with Crippen LogP contribution in [0.25, 0.3) is 5.69 Å². The van der Waals surface area contributed by atoms with Crippen molar-refractivity contribution in [2.45, 2.75) is 19.5 Å². The van der Waals surface area contributed by atoms with Crippen LogP contribution >= 0.6 is 0 Å². The third-order valence-electron chi connectivity index (χ3n) is 4.03. The van der Waals surface area contributed by atoms with Crippen LogP contribution in [0.5, 0.6) is 0 Å². The number of benzene rings is 2. The van der Waals surface area contributed by atoms with Crippen LogP contribution in [0.15, 0.2) is 67.0 Å². The Kier molecular flexibility index (Phi) is 5.81. The fourth-order valence-electron chi connectivity index (χ4n) is 2.75. The van der Waals surface area contributed by atoms with Crippen LogP contribution in [0.2, 0.25) is 0 Å². The lowest BCUT2D eigenvalue weighted by Crippen LogP contribution is -2.24. The molecule has 0 aliphatic rings. The molecule has 0 fully saturated rings. The van der Waals surface area contributed by atoms with Crippen molar-refractivity contribution < 1.29 is 4.79 Å². The first-order valence-corrected chi connectivity index (χ1v) is 8.68. The van der Waals surface area contributed by atoms with Gasteiger partial charge >= 0.3 is 0 Å². The summed E-state index contributed by atoms with van der Waals surface area (Å²) in [5.74, 6) is -0.00465. The number of hydrogen-bond donors (Lipinski definition) is 1. The summed E-state index contributed by atoms with van der Waals surface area (Å²) in [5, 5.41) is 7.29. The lowest BCUT2D eigenvalue weighted by atomic mass is 10.1. The van der Waals surface area contributed by atoms with Gasteiger partial charge in [0.25, 0.3) is 0 Å². The zero-order valence-electron chi connectivity index (χ0n) is 15.2. The Morgan fingerprint density at radius 2 is 1.69 bits per heavy atom. The second-order valence-corrected chi connectivity index (χ2v) is 6.64. The van der Waals surface area contributed by atoms with Gasteiger partial charge in [-0.2, -0.15) is 5.10 Å². The number of aromatic nitrogens is 2. The van der Waals surface area contributed by atoms with Crippen molar-refractivity contribution in [3.8, 4) is 5.69 Å². The van der Waals surface area contributed by atoms with Crippen LogP contribution in [0.3, 0.4) is 0 Å². The molecule has 26 heavy (non-hydrogen) atoms. The van der Waals surface area contributed by atoms with Crippen LogP contribution < -0.4 is 5.32 Å². The fourth-order valence-corrected chi connectivity index (χ4v) is 2.75. The Labute approximate surface area is 154 Å². The summed E-state index contributed by atoms with van der Waals surface area (Å²) in [4.78, 5) is 14.3. The van der Waals surface area contributed by atoms with E-state index >= 15 is 0 Å². The molecule has 0 aliphatic carbocycles. The quantitative estimate of drug-likeness (QED) is 0.714. The van der Waals surface area contributed by atoms with Gasteiger partial charge in [-0.1, -0.05) is 42.5 Å². The number of rotatable bonds is 7. The summed E-state index contributed by atoms with van der Waals surface area (Å²) in [6, 6.07) is 18.2. The van der Waals surface area contributed by atoms with Gasteiger partial charge in [-0.05, 0) is 42.9 Å². The van der Waals surface area contributed by atoms with E-state index in [1.165, 1.54) is 5.56 Å². The minimum atomic E-state index is -0.00465. The maximum Gasteiger partial charge on any atom is 0.224 e. The number of carbonyl (C=O) groups is 1. The van der Waals surface area contributed by atoms with Gasteiger partial charge in [-0.15, -0.1) is 0 Å². The number of hydrogen-bond acceptors (Lipinski definition) is 3. The molecule has 1 aromatic heterocycles. The predicted molar refractivity (Wildman–Crippen MR) is 103 cm³/mol. The second-order valence-electron chi connectivity index (χ2n) is 6.64. The van der Waals surface area contributed by atoms with E-state index in [0.29, 0.717) is 13.0 Å². The van der Waals surface area contributed by atoms with Gasteiger partial charge in [-0.25, -0.2) is 4.68 Å². The third kappa shape index (κ3) is 5.04. The summed E-state index contributed by atoms with van der Waals surface area (Å²) < 4.78 is 1.78. The lowest BCUT2D eigenvalue weighted by Gasteiger charge is -2.10. The summed E-state index contributed by atoms with van der Waals surface area (Å²) >= 11 is 0. The Morgan fingerprint density at radius 1 is 1.00 bits per heavy atom. The molecule has 1 N–H and O–H groups in total. The van der Waals surface area contributed by atoms with Crippen molar-refractivity contribution >= 4 is 5.91 Å². The lowest BCUT2D eigenvalue weighted by molar-refractivity contribution is -0.120. The van der Waals surface area contributed by atoms with Crippen LogP contribution in [0.4, 0.5) is 0 Å². The normalized spacial score (nSPS) is 10.9. The van der Waals surface area contributed by atoms with Gasteiger partial charge in [0, 0.05) is 19.3 Å². The van der Waals surface area contributed by atoms with E-state index in [1.807, 2.05) is 50.6 Å². The summed E-state index contributed by atoms with van der Waals surface area (Å²) in [6.45, 7) is 1.45. The van der Waals surface area contributed by atoms with Gasteiger partial charge in [0.15, 0.2) is 0 Å². The smallest absolute Gasteiger partial charge is 0.224 e. The molecule has 1 heterocycles. The number of nitrogens with one attached hydrogen (secondary N) is 1. The first kappa shape index (κ1) is 17.9.